The summed E-state index contributed by atoms with van der Waals surface area (Å²) in [5.74, 6) is -0.125. The molecule has 2 N–H and O–H groups in total. The molecule has 0 atom stereocenters. The maximum Gasteiger partial charge on any atom is 0.244 e. The summed E-state index contributed by atoms with van der Waals surface area (Å²) in [6, 6.07) is 4.69. The number of rotatable bonds is 10. The highest BCUT2D eigenvalue weighted by atomic mass is 35.5. The summed E-state index contributed by atoms with van der Waals surface area (Å²) in [6.45, 7) is 4.99. The molecule has 0 radical (unpaired) electrons. The number of benzene rings is 1. The fraction of sp³-hybridized carbons (Fsp3) is 0.550. The molecular formula is C20H30ClN3O3S. The van der Waals surface area contributed by atoms with Crippen LogP contribution >= 0.6 is 11.6 Å². The zero-order chi connectivity index (χ0) is 20.6. The van der Waals surface area contributed by atoms with Gasteiger partial charge in [-0.1, -0.05) is 37.1 Å². The lowest BCUT2D eigenvalue weighted by molar-refractivity contribution is -0.119. The summed E-state index contributed by atoms with van der Waals surface area (Å²) in [5, 5.41) is 6.05. The monoisotopic (exact) mass is 427 g/mol. The molecule has 0 aliphatic heterocycles. The van der Waals surface area contributed by atoms with Crippen LogP contribution in [0.4, 0.5) is 5.69 Å². The molecular weight excluding hydrogens is 398 g/mol. The van der Waals surface area contributed by atoms with Crippen molar-refractivity contribution in [2.45, 2.75) is 50.8 Å². The van der Waals surface area contributed by atoms with Crippen LogP contribution in [0.25, 0.3) is 0 Å². The Morgan fingerprint density at radius 3 is 2.61 bits per heavy atom. The third-order valence-corrected chi connectivity index (χ3v) is 7.39. The molecule has 1 aromatic rings. The highest BCUT2D eigenvalue weighted by Gasteiger charge is 2.24. The second-order valence-electron chi connectivity index (χ2n) is 6.80. The SMILES string of the molecule is CCN(CC)S(=O)(=O)c1cc(NCC(=O)NCCC2=CCCCC2)ccc1Cl. The van der Waals surface area contributed by atoms with Gasteiger partial charge in [0.25, 0.3) is 0 Å². The third kappa shape index (κ3) is 6.22. The van der Waals surface area contributed by atoms with Gasteiger partial charge in [0.15, 0.2) is 0 Å². The number of carbonyl (C=O) groups excluding carboxylic acids is 1. The van der Waals surface area contributed by atoms with Gasteiger partial charge in [-0.05, 0) is 50.3 Å². The van der Waals surface area contributed by atoms with Crippen LogP contribution in [-0.2, 0) is 14.8 Å². The highest BCUT2D eigenvalue weighted by molar-refractivity contribution is 7.89. The molecule has 0 fully saturated rings. The van der Waals surface area contributed by atoms with Gasteiger partial charge >= 0.3 is 0 Å². The minimum Gasteiger partial charge on any atom is -0.376 e. The Morgan fingerprint density at radius 1 is 1.21 bits per heavy atom. The minimum atomic E-state index is -3.66. The zero-order valence-electron chi connectivity index (χ0n) is 16.6. The van der Waals surface area contributed by atoms with Crippen LogP contribution in [-0.4, -0.2) is 44.8 Å². The number of nitrogens with zero attached hydrogens (tertiary/aromatic N) is 1. The fourth-order valence-corrected chi connectivity index (χ4v) is 5.21. The van der Waals surface area contributed by atoms with Gasteiger partial charge in [0.1, 0.15) is 4.90 Å². The number of sulfonamides is 1. The summed E-state index contributed by atoms with van der Waals surface area (Å²) in [5.41, 5.74) is 1.96. The molecule has 1 aromatic carbocycles. The van der Waals surface area contributed by atoms with Crippen molar-refractivity contribution < 1.29 is 13.2 Å². The first-order chi connectivity index (χ1) is 13.4. The van der Waals surface area contributed by atoms with Crippen LogP contribution in [0.3, 0.4) is 0 Å². The molecule has 28 heavy (non-hydrogen) atoms. The van der Waals surface area contributed by atoms with Crippen molar-refractivity contribution in [3.63, 3.8) is 0 Å². The normalized spacial score (nSPS) is 14.6. The van der Waals surface area contributed by atoms with Gasteiger partial charge in [0.05, 0.1) is 11.6 Å². The molecule has 8 heteroatoms. The first kappa shape index (κ1) is 22.7. The topological polar surface area (TPSA) is 78.5 Å². The number of hydrogen-bond donors (Lipinski definition) is 2. The molecule has 0 unspecified atom stereocenters. The lowest BCUT2D eigenvalue weighted by atomic mass is 9.97. The van der Waals surface area contributed by atoms with Crippen LogP contribution < -0.4 is 10.6 Å². The van der Waals surface area contributed by atoms with Gasteiger partial charge in [0, 0.05) is 25.3 Å². The van der Waals surface area contributed by atoms with Crippen molar-refractivity contribution in [3.05, 3.63) is 34.9 Å². The minimum absolute atomic E-state index is 0.0486. The van der Waals surface area contributed by atoms with Gasteiger partial charge < -0.3 is 10.6 Å². The van der Waals surface area contributed by atoms with E-state index in [1.54, 1.807) is 19.9 Å². The number of amides is 1. The predicted octanol–water partition coefficient (Wildman–Crippen LogP) is 3.79. The van der Waals surface area contributed by atoms with Crippen molar-refractivity contribution in [2.24, 2.45) is 0 Å². The van der Waals surface area contributed by atoms with E-state index in [9.17, 15) is 13.2 Å². The molecule has 156 valence electrons. The number of hydrogen-bond acceptors (Lipinski definition) is 4. The lowest BCUT2D eigenvalue weighted by Crippen LogP contribution is -2.31. The molecule has 0 bridgehead atoms. The van der Waals surface area contributed by atoms with Crippen molar-refractivity contribution >= 4 is 33.2 Å². The van der Waals surface area contributed by atoms with Gasteiger partial charge in [-0.15, -0.1) is 0 Å². The van der Waals surface area contributed by atoms with E-state index in [1.165, 1.54) is 34.9 Å². The van der Waals surface area contributed by atoms with E-state index < -0.39 is 10.0 Å². The quantitative estimate of drug-likeness (QED) is 0.557. The Morgan fingerprint density at radius 2 is 1.96 bits per heavy atom. The van der Waals surface area contributed by atoms with Crippen molar-refractivity contribution in [1.82, 2.24) is 9.62 Å². The van der Waals surface area contributed by atoms with Crippen LogP contribution in [0.1, 0.15) is 46.0 Å². The Kier molecular flexibility index (Phi) is 8.79. The molecule has 2 rings (SSSR count). The second kappa shape index (κ2) is 10.8. The Bertz CT molecular complexity index is 805. The largest absolute Gasteiger partial charge is 0.376 e. The molecule has 0 saturated heterocycles. The first-order valence-electron chi connectivity index (χ1n) is 9.86. The lowest BCUT2D eigenvalue weighted by Gasteiger charge is -2.20. The smallest absolute Gasteiger partial charge is 0.244 e. The summed E-state index contributed by atoms with van der Waals surface area (Å²) >= 11 is 6.13. The number of anilines is 1. The van der Waals surface area contributed by atoms with E-state index in [2.05, 4.69) is 16.7 Å². The van der Waals surface area contributed by atoms with Crippen LogP contribution in [0.15, 0.2) is 34.7 Å². The Balaban J connectivity index is 1.92. The maximum atomic E-state index is 12.7. The number of carbonyl (C=O) groups is 1. The Labute approximate surface area is 173 Å². The zero-order valence-corrected chi connectivity index (χ0v) is 18.2. The molecule has 1 aliphatic rings. The maximum absolute atomic E-state index is 12.7. The fourth-order valence-electron chi connectivity index (χ4n) is 3.25. The Hall–Kier alpha value is -1.57. The van der Waals surface area contributed by atoms with Crippen molar-refractivity contribution in [3.8, 4) is 0 Å². The van der Waals surface area contributed by atoms with Gasteiger partial charge in [-0.25, -0.2) is 8.42 Å². The van der Waals surface area contributed by atoms with E-state index in [0.29, 0.717) is 25.3 Å². The highest BCUT2D eigenvalue weighted by Crippen LogP contribution is 2.27. The van der Waals surface area contributed by atoms with Gasteiger partial charge in [-0.3, -0.25) is 4.79 Å². The molecule has 0 spiro atoms. The average molecular weight is 428 g/mol. The van der Waals surface area contributed by atoms with E-state index in [0.717, 1.165) is 19.3 Å². The van der Waals surface area contributed by atoms with E-state index in [1.807, 2.05) is 0 Å². The second-order valence-corrected chi connectivity index (χ2v) is 9.11. The van der Waals surface area contributed by atoms with Crippen molar-refractivity contribution in [2.75, 3.05) is 31.5 Å². The standard InChI is InChI=1S/C20H30ClN3O3S/c1-3-24(4-2)28(26,27)19-14-17(10-11-18(19)21)23-15-20(25)22-13-12-16-8-6-5-7-9-16/h8,10-11,14,23H,3-7,9,12-13,15H2,1-2H3,(H,22,25). The van der Waals surface area contributed by atoms with Crippen molar-refractivity contribution in [1.29, 1.82) is 0 Å². The average Bonchev–Trinajstić information content (AvgIpc) is 2.68. The number of nitrogens with one attached hydrogen (secondary N) is 2. The first-order valence-corrected chi connectivity index (χ1v) is 11.7. The summed E-state index contributed by atoms with van der Waals surface area (Å²) in [7, 11) is -3.66. The summed E-state index contributed by atoms with van der Waals surface area (Å²) in [4.78, 5) is 12.1. The van der Waals surface area contributed by atoms with Gasteiger partial charge in [-0.2, -0.15) is 4.31 Å². The molecule has 1 amide bonds. The van der Waals surface area contributed by atoms with E-state index in [-0.39, 0.29) is 22.4 Å². The number of halogens is 1. The molecule has 0 saturated carbocycles. The third-order valence-electron chi connectivity index (χ3n) is 4.86. The molecule has 0 aromatic heterocycles. The van der Waals surface area contributed by atoms with Crippen LogP contribution in [0, 0.1) is 0 Å². The van der Waals surface area contributed by atoms with E-state index >= 15 is 0 Å². The van der Waals surface area contributed by atoms with Crippen LogP contribution in [0.5, 0.6) is 0 Å². The summed E-state index contributed by atoms with van der Waals surface area (Å²) < 4.78 is 26.8. The molecule has 1 aliphatic carbocycles. The van der Waals surface area contributed by atoms with Gasteiger partial charge in [0.2, 0.25) is 15.9 Å². The predicted molar refractivity (Wildman–Crippen MR) is 114 cm³/mol. The van der Waals surface area contributed by atoms with E-state index in [4.69, 9.17) is 11.6 Å². The summed E-state index contributed by atoms with van der Waals surface area (Å²) in [6.07, 6.45) is 7.92. The van der Waals surface area contributed by atoms with Crippen LogP contribution in [0.2, 0.25) is 5.02 Å². The number of allylic oxidation sites excluding steroid dienone is 1. The molecule has 6 nitrogen and oxygen atoms in total. The molecule has 0 heterocycles.